The van der Waals surface area contributed by atoms with Crippen LogP contribution in [0.15, 0.2) is 33.0 Å². The number of nitrogens with two attached hydrogens (primary N) is 1. The van der Waals surface area contributed by atoms with Crippen molar-refractivity contribution in [2.45, 2.75) is 10.1 Å². The summed E-state index contributed by atoms with van der Waals surface area (Å²) < 4.78 is 1.36. The Hall–Kier alpha value is -2.22. The molecule has 0 fully saturated rings. The molecule has 1 heterocycles. The molecule has 1 amide bonds. The second-order valence-corrected chi connectivity index (χ2v) is 4.82. The monoisotopic (exact) mass is 279 g/mol. The minimum Gasteiger partial charge on any atom is -0.399 e. The Balaban J connectivity index is 2.44. The topological polar surface area (TPSA) is 106 Å². The number of aromatic nitrogens is 3. The number of carbonyl (C=O) groups is 1. The summed E-state index contributed by atoms with van der Waals surface area (Å²) in [6, 6.07) is 4.97. The Morgan fingerprint density at radius 2 is 2.26 bits per heavy atom. The Bertz CT molecular complexity index is 676. The Kier molecular flexibility index (Phi) is 3.61. The van der Waals surface area contributed by atoms with Crippen LogP contribution < -0.4 is 16.7 Å². The molecule has 8 heteroatoms. The predicted octanol–water partition coefficient (Wildman–Crippen LogP) is 0.201. The molecular weight excluding hydrogens is 266 g/mol. The summed E-state index contributed by atoms with van der Waals surface area (Å²) in [5.74, 6) is -0.219. The van der Waals surface area contributed by atoms with Crippen molar-refractivity contribution in [2.24, 2.45) is 7.05 Å². The van der Waals surface area contributed by atoms with E-state index in [2.05, 4.69) is 15.5 Å². The molecule has 0 saturated carbocycles. The van der Waals surface area contributed by atoms with Gasteiger partial charge in [0.15, 0.2) is 5.16 Å². The largest absolute Gasteiger partial charge is 0.399 e. The van der Waals surface area contributed by atoms with E-state index in [0.29, 0.717) is 21.3 Å². The van der Waals surface area contributed by atoms with Gasteiger partial charge in [-0.25, -0.2) is 9.89 Å². The fourth-order valence-corrected chi connectivity index (χ4v) is 2.44. The van der Waals surface area contributed by atoms with Gasteiger partial charge >= 0.3 is 5.69 Å². The number of rotatable bonds is 3. The first-order valence-electron chi connectivity index (χ1n) is 5.43. The molecule has 7 nitrogen and oxygen atoms in total. The molecule has 100 valence electrons. The van der Waals surface area contributed by atoms with Crippen molar-refractivity contribution in [3.05, 3.63) is 34.2 Å². The third-order valence-corrected chi connectivity index (χ3v) is 3.62. The van der Waals surface area contributed by atoms with Crippen molar-refractivity contribution in [1.82, 2.24) is 20.1 Å². The highest BCUT2D eigenvalue weighted by molar-refractivity contribution is 7.99. The summed E-state index contributed by atoms with van der Waals surface area (Å²) in [4.78, 5) is 23.7. The molecule has 2 rings (SSSR count). The molecule has 0 spiro atoms. The van der Waals surface area contributed by atoms with Crippen LogP contribution in [0.2, 0.25) is 0 Å². The normalized spacial score (nSPS) is 10.4. The summed E-state index contributed by atoms with van der Waals surface area (Å²) in [5.41, 5.74) is 6.43. The van der Waals surface area contributed by atoms with E-state index in [4.69, 9.17) is 5.73 Å². The van der Waals surface area contributed by atoms with Gasteiger partial charge in [0.05, 0.1) is 5.56 Å². The Labute approximate surface area is 113 Å². The SMILES string of the molecule is CNC(=O)c1ccc(N)cc1Sc1n[nH]c(=O)n1C. The van der Waals surface area contributed by atoms with Gasteiger partial charge in [-0.3, -0.25) is 9.36 Å². The third kappa shape index (κ3) is 2.63. The van der Waals surface area contributed by atoms with E-state index in [1.54, 1.807) is 32.3 Å². The number of carbonyl (C=O) groups excluding carboxylic acids is 1. The molecule has 0 aliphatic heterocycles. The van der Waals surface area contributed by atoms with E-state index in [1.807, 2.05) is 0 Å². The van der Waals surface area contributed by atoms with E-state index >= 15 is 0 Å². The van der Waals surface area contributed by atoms with Crippen molar-refractivity contribution >= 4 is 23.4 Å². The molecule has 0 radical (unpaired) electrons. The number of amides is 1. The van der Waals surface area contributed by atoms with Gasteiger partial charge in [-0.2, -0.15) is 0 Å². The van der Waals surface area contributed by atoms with E-state index in [1.165, 1.54) is 16.3 Å². The molecule has 4 N–H and O–H groups in total. The maximum atomic E-state index is 11.8. The highest BCUT2D eigenvalue weighted by atomic mass is 32.2. The lowest BCUT2D eigenvalue weighted by atomic mass is 10.2. The van der Waals surface area contributed by atoms with Crippen LogP contribution in [0.25, 0.3) is 0 Å². The van der Waals surface area contributed by atoms with Crippen LogP contribution in [0.5, 0.6) is 0 Å². The van der Waals surface area contributed by atoms with Crippen molar-refractivity contribution in [3.63, 3.8) is 0 Å². The summed E-state index contributed by atoms with van der Waals surface area (Å²) in [6.07, 6.45) is 0. The van der Waals surface area contributed by atoms with Gasteiger partial charge in [0.25, 0.3) is 5.91 Å². The van der Waals surface area contributed by atoms with Gasteiger partial charge in [0, 0.05) is 24.7 Å². The molecule has 0 atom stereocenters. The predicted molar refractivity (Wildman–Crippen MR) is 72.2 cm³/mol. The maximum absolute atomic E-state index is 11.8. The van der Waals surface area contributed by atoms with E-state index in [0.717, 1.165) is 0 Å². The zero-order chi connectivity index (χ0) is 14.0. The minimum atomic E-state index is -0.312. The summed E-state index contributed by atoms with van der Waals surface area (Å²) in [5, 5.41) is 9.24. The molecule has 0 bridgehead atoms. The van der Waals surface area contributed by atoms with Gasteiger partial charge in [0.1, 0.15) is 0 Å². The number of aromatic amines is 1. The standard InChI is InChI=1S/C11H13N5O2S/c1-13-9(17)7-4-3-6(12)5-8(7)19-11-15-14-10(18)16(11)2/h3-5H,12H2,1-2H3,(H,13,17)(H,14,18). The van der Waals surface area contributed by atoms with Gasteiger partial charge < -0.3 is 11.1 Å². The van der Waals surface area contributed by atoms with Crippen molar-refractivity contribution in [1.29, 1.82) is 0 Å². The Morgan fingerprint density at radius 1 is 1.53 bits per heavy atom. The highest BCUT2D eigenvalue weighted by Crippen LogP contribution is 2.29. The molecular formula is C11H13N5O2S. The average molecular weight is 279 g/mol. The number of H-pyrrole nitrogens is 1. The third-order valence-electron chi connectivity index (χ3n) is 2.52. The van der Waals surface area contributed by atoms with E-state index in [-0.39, 0.29) is 11.6 Å². The lowest BCUT2D eigenvalue weighted by Crippen LogP contribution is -2.18. The molecule has 19 heavy (non-hydrogen) atoms. The van der Waals surface area contributed by atoms with Crippen LogP contribution in [0.3, 0.4) is 0 Å². The first kappa shape index (κ1) is 13.2. The highest BCUT2D eigenvalue weighted by Gasteiger charge is 2.14. The lowest BCUT2D eigenvalue weighted by Gasteiger charge is -2.08. The molecule has 2 aromatic rings. The second kappa shape index (κ2) is 5.19. The van der Waals surface area contributed by atoms with Gasteiger partial charge in [-0.15, -0.1) is 5.10 Å². The van der Waals surface area contributed by atoms with Gasteiger partial charge in [-0.1, -0.05) is 0 Å². The van der Waals surface area contributed by atoms with Crippen LogP contribution in [0.1, 0.15) is 10.4 Å². The molecule has 1 aromatic heterocycles. The number of hydrogen-bond acceptors (Lipinski definition) is 5. The van der Waals surface area contributed by atoms with Crippen molar-refractivity contribution < 1.29 is 4.79 Å². The lowest BCUT2D eigenvalue weighted by molar-refractivity contribution is 0.0960. The number of anilines is 1. The number of benzene rings is 1. The van der Waals surface area contributed by atoms with Gasteiger partial charge in [-0.05, 0) is 30.0 Å². The number of hydrogen-bond donors (Lipinski definition) is 3. The summed E-state index contributed by atoms with van der Waals surface area (Å²) >= 11 is 1.20. The number of nitrogen functional groups attached to an aromatic ring is 1. The fraction of sp³-hybridized carbons (Fsp3) is 0.182. The first-order valence-corrected chi connectivity index (χ1v) is 6.25. The number of nitrogens with one attached hydrogen (secondary N) is 2. The second-order valence-electron chi connectivity index (χ2n) is 3.81. The zero-order valence-corrected chi connectivity index (χ0v) is 11.2. The van der Waals surface area contributed by atoms with Crippen LogP contribution in [-0.4, -0.2) is 27.7 Å². The van der Waals surface area contributed by atoms with Crippen LogP contribution in [0.4, 0.5) is 5.69 Å². The summed E-state index contributed by atoms with van der Waals surface area (Å²) in [7, 11) is 3.15. The van der Waals surface area contributed by atoms with Crippen LogP contribution in [-0.2, 0) is 7.05 Å². The van der Waals surface area contributed by atoms with Crippen molar-refractivity contribution in [3.8, 4) is 0 Å². The smallest absolute Gasteiger partial charge is 0.343 e. The zero-order valence-electron chi connectivity index (χ0n) is 10.4. The van der Waals surface area contributed by atoms with Crippen LogP contribution in [0, 0.1) is 0 Å². The number of nitrogens with zero attached hydrogens (tertiary/aromatic N) is 2. The Morgan fingerprint density at radius 3 is 2.84 bits per heavy atom. The summed E-state index contributed by atoms with van der Waals surface area (Å²) in [6.45, 7) is 0. The van der Waals surface area contributed by atoms with Crippen molar-refractivity contribution in [2.75, 3.05) is 12.8 Å². The molecule has 0 saturated heterocycles. The molecule has 0 aliphatic rings. The first-order chi connectivity index (χ1) is 9.02. The molecule has 0 unspecified atom stereocenters. The average Bonchev–Trinajstić information content (AvgIpc) is 2.70. The molecule has 0 aliphatic carbocycles. The van der Waals surface area contributed by atoms with E-state index in [9.17, 15) is 9.59 Å². The fourth-order valence-electron chi connectivity index (χ4n) is 1.47. The van der Waals surface area contributed by atoms with Gasteiger partial charge in [0.2, 0.25) is 0 Å². The maximum Gasteiger partial charge on any atom is 0.343 e. The van der Waals surface area contributed by atoms with Crippen LogP contribution >= 0.6 is 11.8 Å². The van der Waals surface area contributed by atoms with E-state index < -0.39 is 0 Å². The quantitative estimate of drug-likeness (QED) is 0.696. The molecule has 1 aromatic carbocycles. The minimum absolute atomic E-state index is 0.219.